The van der Waals surface area contributed by atoms with E-state index in [-0.39, 0.29) is 25.5 Å². The number of ether oxygens (including phenoxy) is 2. The highest BCUT2D eigenvalue weighted by Gasteiger charge is 2.43. The molecule has 1 aromatic heterocycles. The molecule has 200 valence electrons. The van der Waals surface area contributed by atoms with Crippen molar-refractivity contribution in [2.45, 2.75) is 64.1 Å². The first kappa shape index (κ1) is 26.4. The molecule has 0 aliphatic carbocycles. The Morgan fingerprint density at radius 2 is 1.97 bits per heavy atom. The number of alkyl carbamates (subject to hydrolysis) is 1. The van der Waals surface area contributed by atoms with Gasteiger partial charge >= 0.3 is 6.09 Å². The van der Waals surface area contributed by atoms with Crippen molar-refractivity contribution < 1.29 is 23.9 Å². The van der Waals surface area contributed by atoms with E-state index in [1.807, 2.05) is 46.1 Å². The molecule has 37 heavy (non-hydrogen) atoms. The van der Waals surface area contributed by atoms with Crippen LogP contribution in [0.5, 0.6) is 5.88 Å². The Morgan fingerprint density at radius 1 is 1.19 bits per heavy atom. The highest BCUT2D eigenvalue weighted by atomic mass is 16.5. The van der Waals surface area contributed by atoms with Crippen molar-refractivity contribution in [2.24, 2.45) is 11.7 Å². The molecule has 0 radical (unpaired) electrons. The van der Waals surface area contributed by atoms with E-state index in [1.165, 1.54) is 4.90 Å². The number of amides is 3. The molecule has 3 amide bonds. The van der Waals surface area contributed by atoms with Crippen LogP contribution >= 0.6 is 0 Å². The lowest BCUT2D eigenvalue weighted by Gasteiger charge is -2.29. The van der Waals surface area contributed by atoms with Gasteiger partial charge in [-0.2, -0.15) is 4.98 Å². The van der Waals surface area contributed by atoms with Gasteiger partial charge in [0.2, 0.25) is 23.6 Å². The summed E-state index contributed by atoms with van der Waals surface area (Å²) in [4.78, 5) is 50.8. The number of hydrogen-bond donors (Lipinski definition) is 2. The number of cyclic esters (lactones) is 1. The van der Waals surface area contributed by atoms with Crippen LogP contribution in [0.4, 0.5) is 10.7 Å². The SMILES string of the molecule is CC(C)[C@@H]1NC(=O)OCCCCCc2ccc3nc(N(C)C)nc(c3c2)O[C@@H]2C[C@@H](C(N)=O)N(C2)C1=O. The van der Waals surface area contributed by atoms with Gasteiger partial charge < -0.3 is 30.3 Å². The number of aryl methyl sites for hydroxylation is 1. The summed E-state index contributed by atoms with van der Waals surface area (Å²) in [7, 11) is 3.71. The van der Waals surface area contributed by atoms with Crippen LogP contribution in [-0.4, -0.2) is 78.2 Å². The number of primary amides is 1. The topological polar surface area (TPSA) is 140 Å². The second kappa shape index (κ2) is 11.2. The third kappa shape index (κ3) is 6.03. The maximum atomic E-state index is 13.5. The molecule has 1 saturated heterocycles. The van der Waals surface area contributed by atoms with Crippen LogP contribution in [0.1, 0.15) is 45.1 Å². The summed E-state index contributed by atoms with van der Waals surface area (Å²) in [6.45, 7) is 4.05. The molecule has 2 aromatic rings. The maximum absolute atomic E-state index is 13.5. The predicted molar refractivity (Wildman–Crippen MR) is 138 cm³/mol. The standard InChI is InChI=1S/C26H36N6O5/c1-15(2)21-24(34)32-14-17(13-20(32)22(27)33)37-23-18-12-16(8-6-5-7-11-36-26(35)29-21)9-10-19(18)28-25(30-23)31(3)4/h9-10,12,15,17,20-21H,5-8,11,13-14H2,1-4H3,(H2,27,33)(H,29,35)/t17-,20+,21+/m1/s1. The van der Waals surface area contributed by atoms with Crippen molar-refractivity contribution >= 4 is 34.8 Å². The van der Waals surface area contributed by atoms with E-state index in [0.717, 1.165) is 35.7 Å². The summed E-state index contributed by atoms with van der Waals surface area (Å²) in [6, 6.07) is 4.31. The van der Waals surface area contributed by atoms with E-state index in [4.69, 9.17) is 15.2 Å². The molecule has 2 aliphatic heterocycles. The zero-order chi connectivity index (χ0) is 26.7. The van der Waals surface area contributed by atoms with Gasteiger partial charge in [0, 0.05) is 20.5 Å². The molecule has 11 heteroatoms. The first-order valence-electron chi connectivity index (χ1n) is 12.8. The smallest absolute Gasteiger partial charge is 0.407 e. The number of benzene rings is 1. The van der Waals surface area contributed by atoms with Crippen molar-refractivity contribution in [1.29, 1.82) is 0 Å². The molecule has 0 saturated carbocycles. The molecule has 1 fully saturated rings. The van der Waals surface area contributed by atoms with Gasteiger partial charge in [-0.05, 0) is 49.3 Å². The lowest BCUT2D eigenvalue weighted by atomic mass is 10.0. The first-order valence-corrected chi connectivity index (χ1v) is 12.8. The van der Waals surface area contributed by atoms with Gasteiger partial charge in [-0.25, -0.2) is 9.78 Å². The van der Waals surface area contributed by atoms with Crippen LogP contribution in [0.3, 0.4) is 0 Å². The number of nitrogens with zero attached hydrogens (tertiary/aromatic N) is 4. The number of carbonyl (C=O) groups is 3. The summed E-state index contributed by atoms with van der Waals surface area (Å²) in [5.41, 5.74) is 7.56. The average Bonchev–Trinajstić information content (AvgIpc) is 3.27. The highest BCUT2D eigenvalue weighted by Crippen LogP contribution is 2.31. The Labute approximate surface area is 216 Å². The summed E-state index contributed by atoms with van der Waals surface area (Å²) >= 11 is 0. The molecule has 3 atom stereocenters. The minimum atomic E-state index is -0.866. The minimum absolute atomic E-state index is 0.134. The molecule has 0 unspecified atom stereocenters. The number of hydrogen-bond acceptors (Lipinski definition) is 8. The van der Waals surface area contributed by atoms with E-state index in [1.54, 1.807) is 4.90 Å². The monoisotopic (exact) mass is 512 g/mol. The molecule has 4 rings (SSSR count). The van der Waals surface area contributed by atoms with Crippen molar-refractivity contribution in [3.8, 4) is 5.88 Å². The van der Waals surface area contributed by atoms with Crippen LogP contribution in [0.15, 0.2) is 18.2 Å². The second-order valence-corrected chi connectivity index (χ2v) is 10.3. The zero-order valence-electron chi connectivity index (χ0n) is 21.9. The normalized spacial score (nSPS) is 23.3. The lowest BCUT2D eigenvalue weighted by Crippen LogP contribution is -2.54. The van der Waals surface area contributed by atoms with Crippen LogP contribution < -0.4 is 20.7 Å². The summed E-state index contributed by atoms with van der Waals surface area (Å²) in [6.07, 6.45) is 2.42. The van der Waals surface area contributed by atoms with Gasteiger partial charge in [0.15, 0.2) is 0 Å². The lowest BCUT2D eigenvalue weighted by molar-refractivity contribution is -0.139. The molecule has 3 heterocycles. The molecule has 11 nitrogen and oxygen atoms in total. The number of rotatable bonds is 3. The highest BCUT2D eigenvalue weighted by molar-refractivity contribution is 5.91. The fourth-order valence-corrected chi connectivity index (χ4v) is 4.77. The van der Waals surface area contributed by atoms with Gasteiger partial charge in [0.1, 0.15) is 18.2 Å². The minimum Gasteiger partial charge on any atom is -0.472 e. The van der Waals surface area contributed by atoms with E-state index in [9.17, 15) is 14.4 Å². The Hall–Kier alpha value is -3.63. The van der Waals surface area contributed by atoms with Crippen LogP contribution in [-0.2, 0) is 20.7 Å². The number of aromatic nitrogens is 2. The third-order valence-corrected chi connectivity index (χ3v) is 6.81. The number of nitrogens with one attached hydrogen (secondary N) is 1. The quantitative estimate of drug-likeness (QED) is 0.637. The van der Waals surface area contributed by atoms with Gasteiger partial charge in [0.05, 0.1) is 24.1 Å². The van der Waals surface area contributed by atoms with E-state index >= 15 is 0 Å². The van der Waals surface area contributed by atoms with Crippen molar-refractivity contribution in [3.63, 3.8) is 0 Å². The van der Waals surface area contributed by atoms with Gasteiger partial charge in [-0.3, -0.25) is 9.59 Å². The Kier molecular flexibility index (Phi) is 7.99. The van der Waals surface area contributed by atoms with Gasteiger partial charge in [0.25, 0.3) is 0 Å². The maximum Gasteiger partial charge on any atom is 0.407 e. The number of nitrogens with two attached hydrogens (primary N) is 1. The Balaban J connectivity index is 1.73. The molecular weight excluding hydrogens is 476 g/mol. The summed E-state index contributed by atoms with van der Waals surface area (Å²) < 4.78 is 11.7. The van der Waals surface area contributed by atoms with E-state index < -0.39 is 36.1 Å². The van der Waals surface area contributed by atoms with Crippen LogP contribution in [0.25, 0.3) is 10.9 Å². The zero-order valence-corrected chi connectivity index (χ0v) is 21.9. The van der Waals surface area contributed by atoms with Crippen molar-refractivity contribution in [2.75, 3.05) is 32.1 Å². The molecule has 3 N–H and O–H groups in total. The Bertz CT molecular complexity index is 1170. The third-order valence-electron chi connectivity index (χ3n) is 6.81. The number of anilines is 1. The van der Waals surface area contributed by atoms with E-state index in [2.05, 4.69) is 15.3 Å². The molecule has 2 aliphatic rings. The molecule has 1 aromatic carbocycles. The van der Waals surface area contributed by atoms with Gasteiger partial charge in [-0.1, -0.05) is 19.9 Å². The second-order valence-electron chi connectivity index (χ2n) is 10.3. The first-order chi connectivity index (χ1) is 17.6. The molecule has 4 bridgehead atoms. The van der Waals surface area contributed by atoms with E-state index in [0.29, 0.717) is 18.2 Å². The fraction of sp³-hybridized carbons (Fsp3) is 0.577. The summed E-state index contributed by atoms with van der Waals surface area (Å²) in [5.74, 6) is -0.351. The van der Waals surface area contributed by atoms with Crippen LogP contribution in [0, 0.1) is 5.92 Å². The fourth-order valence-electron chi connectivity index (χ4n) is 4.77. The average molecular weight is 513 g/mol. The number of fused-ring (bicyclic) bond motifs is 3. The van der Waals surface area contributed by atoms with Crippen LogP contribution in [0.2, 0.25) is 0 Å². The Morgan fingerprint density at radius 3 is 2.68 bits per heavy atom. The van der Waals surface area contributed by atoms with Crippen molar-refractivity contribution in [1.82, 2.24) is 20.2 Å². The predicted octanol–water partition coefficient (Wildman–Crippen LogP) is 2.01. The molecular formula is C26H36N6O5. The number of carbonyl (C=O) groups excluding carboxylic acids is 3. The summed E-state index contributed by atoms with van der Waals surface area (Å²) in [5, 5.41) is 3.46. The van der Waals surface area contributed by atoms with Crippen molar-refractivity contribution in [3.05, 3.63) is 23.8 Å². The molecule has 0 spiro atoms. The largest absolute Gasteiger partial charge is 0.472 e. The van der Waals surface area contributed by atoms with Gasteiger partial charge in [-0.15, -0.1) is 0 Å².